The van der Waals surface area contributed by atoms with Gasteiger partial charge in [0.1, 0.15) is 5.75 Å². The van der Waals surface area contributed by atoms with Crippen LogP contribution in [-0.4, -0.2) is 41.9 Å². The summed E-state index contributed by atoms with van der Waals surface area (Å²) >= 11 is 0. The summed E-state index contributed by atoms with van der Waals surface area (Å²) in [7, 11) is 1.64. The predicted molar refractivity (Wildman–Crippen MR) is 111 cm³/mol. The van der Waals surface area contributed by atoms with E-state index < -0.39 is 11.7 Å². The van der Waals surface area contributed by atoms with Gasteiger partial charge in [0, 0.05) is 25.2 Å². The maximum absolute atomic E-state index is 11.2. The first-order valence-electron chi connectivity index (χ1n) is 9.84. The minimum Gasteiger partial charge on any atom is -0.496 e. The number of likely N-dealkylation sites (tertiary alicyclic amines) is 1. The van der Waals surface area contributed by atoms with E-state index in [4.69, 9.17) is 4.74 Å². The Kier molecular flexibility index (Phi) is 5.36. The van der Waals surface area contributed by atoms with Gasteiger partial charge in [-0.1, -0.05) is 54.6 Å². The summed E-state index contributed by atoms with van der Waals surface area (Å²) in [6, 6.07) is 22.0. The van der Waals surface area contributed by atoms with E-state index in [1.807, 2.05) is 42.5 Å². The highest BCUT2D eigenvalue weighted by molar-refractivity contribution is 5.83. The molecule has 28 heavy (non-hydrogen) atoms. The summed E-state index contributed by atoms with van der Waals surface area (Å²) in [4.78, 5) is 2.23. The first kappa shape index (κ1) is 18.9. The number of piperidine rings is 1. The van der Waals surface area contributed by atoms with E-state index in [1.165, 1.54) is 5.39 Å². The van der Waals surface area contributed by atoms with Gasteiger partial charge in [-0.3, -0.25) is 0 Å². The number of ether oxygens (including phenoxy) is 1. The monoisotopic (exact) mass is 377 g/mol. The van der Waals surface area contributed by atoms with E-state index in [9.17, 15) is 10.2 Å². The number of para-hydroxylation sites is 1. The highest BCUT2D eigenvalue weighted by atomic mass is 16.5. The number of rotatable bonds is 5. The summed E-state index contributed by atoms with van der Waals surface area (Å²) in [6.07, 6.45) is 0.706. The molecule has 4 rings (SSSR count). The number of hydrogen-bond acceptors (Lipinski definition) is 4. The fraction of sp³-hybridized carbons (Fsp3) is 0.333. The van der Waals surface area contributed by atoms with Crippen LogP contribution in [0.4, 0.5) is 0 Å². The molecular formula is C24H27NO3. The Morgan fingerprint density at radius 2 is 1.64 bits per heavy atom. The summed E-state index contributed by atoms with van der Waals surface area (Å²) < 4.78 is 5.43. The molecule has 1 heterocycles. The lowest BCUT2D eigenvalue weighted by atomic mass is 9.83. The summed E-state index contributed by atoms with van der Waals surface area (Å²) in [5.74, 6) is 0.731. The van der Waals surface area contributed by atoms with E-state index in [-0.39, 0.29) is 0 Å². The van der Waals surface area contributed by atoms with Gasteiger partial charge in [0.05, 0.1) is 18.8 Å². The lowest BCUT2D eigenvalue weighted by Crippen LogP contribution is -2.44. The van der Waals surface area contributed by atoms with Crippen molar-refractivity contribution < 1.29 is 14.9 Å². The molecule has 0 aromatic heterocycles. The van der Waals surface area contributed by atoms with Gasteiger partial charge in [-0.15, -0.1) is 0 Å². The van der Waals surface area contributed by atoms with Crippen LogP contribution in [0.3, 0.4) is 0 Å². The molecule has 1 saturated heterocycles. The van der Waals surface area contributed by atoms with E-state index in [0.29, 0.717) is 19.4 Å². The topological polar surface area (TPSA) is 52.9 Å². The van der Waals surface area contributed by atoms with Gasteiger partial charge in [0.25, 0.3) is 0 Å². The summed E-state index contributed by atoms with van der Waals surface area (Å²) in [6.45, 7) is 2.04. The van der Waals surface area contributed by atoms with Crippen LogP contribution in [0, 0.1) is 0 Å². The Labute approximate surface area is 166 Å². The molecule has 1 aliphatic heterocycles. The molecule has 0 amide bonds. The largest absolute Gasteiger partial charge is 0.496 e. The second kappa shape index (κ2) is 7.92. The molecule has 3 aromatic carbocycles. The number of methoxy groups -OCH3 is 1. The fourth-order valence-corrected chi connectivity index (χ4v) is 4.17. The first-order valence-corrected chi connectivity index (χ1v) is 9.84. The van der Waals surface area contributed by atoms with Crippen LogP contribution in [-0.2, 0) is 5.60 Å². The van der Waals surface area contributed by atoms with Gasteiger partial charge >= 0.3 is 0 Å². The molecule has 146 valence electrons. The van der Waals surface area contributed by atoms with Gasteiger partial charge in [0.15, 0.2) is 0 Å². The Hall–Kier alpha value is -2.40. The van der Waals surface area contributed by atoms with E-state index >= 15 is 0 Å². The standard InChI is InChI=1S/C24H27NO3/c1-28-23-9-5-4-8-21(23)24(27)12-14-25(15-13-24)17-22(26)20-11-10-18-6-2-3-7-19(18)16-20/h2-11,16,22,26-27H,12-15,17H2,1H3/t22-/m0/s1. The molecule has 0 bridgehead atoms. The molecule has 2 N–H and O–H groups in total. The summed E-state index contributed by atoms with van der Waals surface area (Å²) in [5, 5.41) is 24.2. The fourth-order valence-electron chi connectivity index (χ4n) is 4.17. The highest BCUT2D eigenvalue weighted by Gasteiger charge is 2.36. The minimum atomic E-state index is -0.878. The van der Waals surface area contributed by atoms with Crippen molar-refractivity contribution in [1.82, 2.24) is 4.90 Å². The molecule has 0 unspecified atom stereocenters. The van der Waals surface area contributed by atoms with Crippen LogP contribution in [0.5, 0.6) is 5.75 Å². The van der Waals surface area contributed by atoms with Crippen molar-refractivity contribution in [2.45, 2.75) is 24.5 Å². The van der Waals surface area contributed by atoms with Crippen LogP contribution in [0.2, 0.25) is 0 Å². The Morgan fingerprint density at radius 3 is 2.39 bits per heavy atom. The second-order valence-electron chi connectivity index (χ2n) is 7.65. The van der Waals surface area contributed by atoms with Gasteiger partial charge in [-0.05, 0) is 41.3 Å². The zero-order valence-electron chi connectivity index (χ0n) is 16.2. The molecule has 1 fully saturated rings. The van der Waals surface area contributed by atoms with Gasteiger partial charge < -0.3 is 19.8 Å². The average Bonchev–Trinajstić information content (AvgIpc) is 2.75. The first-order chi connectivity index (χ1) is 13.6. The van der Waals surface area contributed by atoms with E-state index in [2.05, 4.69) is 29.2 Å². The molecule has 1 atom stereocenters. The van der Waals surface area contributed by atoms with Crippen molar-refractivity contribution in [2.24, 2.45) is 0 Å². The number of benzene rings is 3. The number of hydrogen-bond donors (Lipinski definition) is 2. The van der Waals surface area contributed by atoms with Crippen molar-refractivity contribution in [3.63, 3.8) is 0 Å². The number of nitrogens with zero attached hydrogens (tertiary/aromatic N) is 1. The van der Waals surface area contributed by atoms with Crippen molar-refractivity contribution >= 4 is 10.8 Å². The zero-order chi connectivity index (χ0) is 19.6. The molecule has 0 spiro atoms. The maximum Gasteiger partial charge on any atom is 0.124 e. The quantitative estimate of drug-likeness (QED) is 0.709. The molecule has 4 heteroatoms. The normalized spacial score (nSPS) is 18.1. The van der Waals surface area contributed by atoms with Crippen molar-refractivity contribution in [3.05, 3.63) is 77.9 Å². The predicted octanol–water partition coefficient (Wildman–Crippen LogP) is 3.87. The number of aliphatic hydroxyl groups excluding tert-OH is 1. The Morgan fingerprint density at radius 1 is 0.964 bits per heavy atom. The van der Waals surface area contributed by atoms with Gasteiger partial charge in [-0.2, -0.15) is 0 Å². The van der Waals surface area contributed by atoms with Crippen LogP contribution in [0.25, 0.3) is 10.8 Å². The van der Waals surface area contributed by atoms with E-state index in [0.717, 1.165) is 35.4 Å². The summed E-state index contributed by atoms with van der Waals surface area (Å²) in [5.41, 5.74) is 0.910. The average molecular weight is 377 g/mol. The highest BCUT2D eigenvalue weighted by Crippen LogP contribution is 2.38. The number of aliphatic hydroxyl groups is 2. The number of β-amino-alcohol motifs (C(OH)–C–C–N with tert-alkyl or cyclic N) is 1. The third-order valence-corrected chi connectivity index (χ3v) is 5.88. The van der Waals surface area contributed by atoms with Gasteiger partial charge in [-0.25, -0.2) is 0 Å². The lowest BCUT2D eigenvalue weighted by molar-refractivity contribution is -0.0358. The van der Waals surface area contributed by atoms with Crippen LogP contribution in [0.15, 0.2) is 66.7 Å². The van der Waals surface area contributed by atoms with Crippen molar-refractivity contribution in [1.29, 1.82) is 0 Å². The van der Waals surface area contributed by atoms with Gasteiger partial charge in [0.2, 0.25) is 0 Å². The van der Waals surface area contributed by atoms with E-state index in [1.54, 1.807) is 7.11 Å². The molecule has 4 nitrogen and oxygen atoms in total. The molecule has 0 saturated carbocycles. The third-order valence-electron chi connectivity index (χ3n) is 5.88. The van der Waals surface area contributed by atoms with Crippen LogP contribution >= 0.6 is 0 Å². The molecule has 0 aliphatic carbocycles. The molecule has 0 radical (unpaired) electrons. The Bertz CT molecular complexity index is 947. The van der Waals surface area contributed by atoms with Crippen LogP contribution in [0.1, 0.15) is 30.1 Å². The number of fused-ring (bicyclic) bond motifs is 1. The molecular weight excluding hydrogens is 350 g/mol. The smallest absolute Gasteiger partial charge is 0.124 e. The van der Waals surface area contributed by atoms with Crippen LogP contribution < -0.4 is 4.74 Å². The molecule has 1 aliphatic rings. The lowest BCUT2D eigenvalue weighted by Gasteiger charge is -2.39. The minimum absolute atomic E-state index is 0.540. The maximum atomic E-state index is 11.2. The van der Waals surface area contributed by atoms with Crippen molar-refractivity contribution in [3.8, 4) is 5.75 Å². The SMILES string of the molecule is COc1ccccc1C1(O)CCN(C[C@H](O)c2ccc3ccccc3c2)CC1. The van der Waals surface area contributed by atoms with Crippen molar-refractivity contribution in [2.75, 3.05) is 26.7 Å². The molecule has 3 aromatic rings. The third kappa shape index (κ3) is 3.76. The second-order valence-corrected chi connectivity index (χ2v) is 7.65. The zero-order valence-corrected chi connectivity index (χ0v) is 16.2. The Balaban J connectivity index is 1.42.